The molecule has 0 bridgehead atoms. The first kappa shape index (κ1) is 36.7. The van der Waals surface area contributed by atoms with Crippen molar-refractivity contribution in [2.75, 3.05) is 0 Å². The average Bonchev–Trinajstić information content (AvgIpc) is 2.32. The molecular weight excluding hydrogens is 522 g/mol. The normalized spacial score (nSPS) is 37.2. The smallest absolute Gasteiger partial charge is 0.756 e. The third kappa shape index (κ3) is 13.6. The van der Waals surface area contributed by atoms with Crippen molar-refractivity contribution in [2.45, 2.75) is 36.6 Å². The van der Waals surface area contributed by atoms with Crippen molar-refractivity contribution in [3.63, 3.8) is 0 Å². The van der Waals surface area contributed by atoms with Gasteiger partial charge in [-0.25, -0.2) is 0 Å². The third-order valence-corrected chi connectivity index (χ3v) is 4.31. The summed E-state index contributed by atoms with van der Waals surface area (Å²) in [5, 5.41) is 29.1. The Morgan fingerprint density at radius 2 is 0.778 bits per heavy atom. The van der Waals surface area contributed by atoms with Crippen LogP contribution in [0.15, 0.2) is 0 Å². The molecule has 0 amide bonds. The van der Waals surface area contributed by atoms with Gasteiger partial charge in [-0.15, -0.1) is 0 Å². The van der Waals surface area contributed by atoms with Gasteiger partial charge in [0.1, 0.15) is 36.6 Å². The molecule has 1 aliphatic carbocycles. The fourth-order valence-electron chi connectivity index (χ4n) is 2.00. The third-order valence-electron chi connectivity index (χ3n) is 2.78. The van der Waals surface area contributed by atoms with Crippen molar-refractivity contribution in [1.82, 2.24) is 0 Å². The summed E-state index contributed by atoms with van der Waals surface area (Å²) in [6, 6.07) is 0. The first-order valence-electron chi connectivity index (χ1n) is 5.72. The van der Waals surface area contributed by atoms with E-state index in [1.54, 1.807) is 0 Å². The standard InChI is InChI=1S/C6H15O15P3.3K/c7-1-2(8)5(20-23(13,14)15)6(21-24(16,17)18)3(9)4(1)19-22(10,11)12;;;/h1-9H,(H2,10,11,12)(H2,13,14,15)(H2,16,17,18);;;/q;3*+1/p-3/t1-,2-,3-,4+,5+,6-;;;/m0.../s1. The number of phosphoric ester groups is 3. The second-order valence-corrected chi connectivity index (χ2v) is 8.03. The molecular formula is C6H12K3O15P3. The van der Waals surface area contributed by atoms with Crippen LogP contribution in [-0.2, 0) is 27.3 Å². The molecule has 0 saturated heterocycles. The molecule has 21 heteroatoms. The van der Waals surface area contributed by atoms with E-state index in [2.05, 4.69) is 13.6 Å². The maximum atomic E-state index is 10.8. The van der Waals surface area contributed by atoms with Crippen molar-refractivity contribution in [1.29, 1.82) is 0 Å². The minimum absolute atomic E-state index is 0. The van der Waals surface area contributed by atoms with Crippen molar-refractivity contribution in [3.8, 4) is 0 Å². The van der Waals surface area contributed by atoms with Gasteiger partial charge in [0.15, 0.2) is 0 Å². The summed E-state index contributed by atoms with van der Waals surface area (Å²) in [7, 11) is -17.0. The van der Waals surface area contributed by atoms with Crippen LogP contribution in [0.3, 0.4) is 0 Å². The van der Waals surface area contributed by atoms with Crippen LogP contribution in [0.4, 0.5) is 0 Å². The number of rotatable bonds is 6. The average molecular weight is 534 g/mol. The Bertz CT molecular complexity index is 587. The SMILES string of the molecule is O=P([O-])(O)O[C@@H]1[C@@H](O)[C@H](O)[C@@H](OP(=O)([O-])O)[C@@H](OP(=O)([O-])O)[C@H]1O.[K+].[K+].[K+]. The number of aliphatic hydroxyl groups excluding tert-OH is 3. The molecule has 0 radical (unpaired) electrons. The zero-order chi connectivity index (χ0) is 19.1. The van der Waals surface area contributed by atoms with Gasteiger partial charge in [-0.3, -0.25) is 13.7 Å². The summed E-state index contributed by atoms with van der Waals surface area (Å²) in [5.74, 6) is 0. The Labute approximate surface area is 279 Å². The topological polar surface area (TPSA) is 269 Å². The van der Waals surface area contributed by atoms with Crippen LogP contribution in [0.2, 0.25) is 0 Å². The summed E-state index contributed by atoms with van der Waals surface area (Å²) < 4.78 is 43.9. The fraction of sp³-hybridized carbons (Fsp3) is 1.00. The van der Waals surface area contributed by atoms with Gasteiger partial charge < -0.3 is 58.3 Å². The van der Waals surface area contributed by atoms with Gasteiger partial charge in [0, 0.05) is 0 Å². The van der Waals surface area contributed by atoms with E-state index >= 15 is 0 Å². The molecule has 1 aliphatic rings. The first-order valence-corrected chi connectivity index (χ1v) is 10.2. The first-order chi connectivity index (χ1) is 10.5. The van der Waals surface area contributed by atoms with Gasteiger partial charge in [0.2, 0.25) is 0 Å². The molecule has 3 unspecified atom stereocenters. The van der Waals surface area contributed by atoms with E-state index in [4.69, 9.17) is 14.7 Å². The summed E-state index contributed by atoms with van der Waals surface area (Å²) in [5.41, 5.74) is 0. The maximum Gasteiger partial charge on any atom is 1.00 e. The molecule has 15 nitrogen and oxygen atoms in total. The van der Waals surface area contributed by atoms with Crippen molar-refractivity contribution >= 4 is 23.5 Å². The monoisotopic (exact) mass is 534 g/mol. The van der Waals surface area contributed by atoms with Crippen LogP contribution in [0, 0.1) is 0 Å². The molecule has 6 N–H and O–H groups in total. The van der Waals surface area contributed by atoms with E-state index in [9.17, 15) is 43.7 Å². The Balaban J connectivity index is -0.00000192. The summed E-state index contributed by atoms with van der Waals surface area (Å²) in [6.07, 6.45) is -15.0. The van der Waals surface area contributed by atoms with Gasteiger partial charge in [-0.05, 0) is 0 Å². The number of aliphatic hydroxyl groups is 3. The molecule has 1 rings (SSSR count). The number of phosphoric acid groups is 3. The molecule has 0 aromatic heterocycles. The Hall–Kier alpha value is 5.12. The van der Waals surface area contributed by atoms with Gasteiger partial charge in [0.25, 0.3) is 23.5 Å². The quantitative estimate of drug-likeness (QED) is 0.136. The summed E-state index contributed by atoms with van der Waals surface area (Å²) in [4.78, 5) is 58.0. The molecule has 9 atom stereocenters. The predicted molar refractivity (Wildman–Crippen MR) is 62.1 cm³/mol. The largest absolute Gasteiger partial charge is 1.00 e. The molecule has 144 valence electrons. The molecule has 1 saturated carbocycles. The van der Waals surface area contributed by atoms with E-state index in [0.717, 1.165) is 0 Å². The van der Waals surface area contributed by atoms with Crippen molar-refractivity contribution in [2.24, 2.45) is 0 Å². The van der Waals surface area contributed by atoms with Crippen LogP contribution in [0.5, 0.6) is 0 Å². The van der Waals surface area contributed by atoms with Crippen LogP contribution >= 0.6 is 23.5 Å². The van der Waals surface area contributed by atoms with E-state index in [1.165, 1.54) is 0 Å². The molecule has 0 heterocycles. The predicted octanol–water partition coefficient (Wildman–Crippen LogP) is -14.4. The summed E-state index contributed by atoms with van der Waals surface area (Å²) >= 11 is 0. The molecule has 0 aromatic carbocycles. The number of hydrogen-bond donors (Lipinski definition) is 6. The van der Waals surface area contributed by atoms with Crippen LogP contribution in [0.25, 0.3) is 0 Å². The molecule has 0 aliphatic heterocycles. The van der Waals surface area contributed by atoms with Crippen LogP contribution in [0.1, 0.15) is 0 Å². The second-order valence-electron chi connectivity index (χ2n) is 4.59. The zero-order valence-corrected chi connectivity index (χ0v) is 26.2. The van der Waals surface area contributed by atoms with Gasteiger partial charge >= 0.3 is 154 Å². The van der Waals surface area contributed by atoms with Crippen LogP contribution < -0.4 is 169 Å². The van der Waals surface area contributed by atoms with E-state index in [1.807, 2.05) is 0 Å². The van der Waals surface area contributed by atoms with E-state index in [0.29, 0.717) is 0 Å². The second kappa shape index (κ2) is 14.5. The van der Waals surface area contributed by atoms with Crippen molar-refractivity contribution in [3.05, 3.63) is 0 Å². The van der Waals surface area contributed by atoms with Gasteiger partial charge in [0.05, 0.1) is 0 Å². The Kier molecular flexibility index (Phi) is 19.7. The van der Waals surface area contributed by atoms with E-state index in [-0.39, 0.29) is 154 Å². The minimum Gasteiger partial charge on any atom is -0.756 e. The minimum atomic E-state index is -5.72. The number of hydrogen-bond acceptors (Lipinski definition) is 12. The fourth-order valence-corrected chi connectivity index (χ4v) is 3.66. The Morgan fingerprint density at radius 1 is 0.556 bits per heavy atom. The molecule has 0 aromatic rings. The Morgan fingerprint density at radius 3 is 1.07 bits per heavy atom. The molecule has 1 fully saturated rings. The van der Waals surface area contributed by atoms with Gasteiger partial charge in [-0.1, -0.05) is 0 Å². The molecule has 27 heavy (non-hydrogen) atoms. The van der Waals surface area contributed by atoms with Crippen LogP contribution in [-0.4, -0.2) is 66.6 Å². The molecule has 0 spiro atoms. The van der Waals surface area contributed by atoms with Crippen molar-refractivity contribution < 1.29 is 226 Å². The summed E-state index contributed by atoms with van der Waals surface area (Å²) in [6.45, 7) is 0. The maximum absolute atomic E-state index is 10.8. The zero-order valence-electron chi connectivity index (χ0n) is 14.2. The van der Waals surface area contributed by atoms with E-state index < -0.39 is 60.1 Å². The van der Waals surface area contributed by atoms with Gasteiger partial charge in [-0.2, -0.15) is 0 Å².